The molecule has 0 saturated carbocycles. The number of carbonyl (C=O) groups excluding carboxylic acids is 1. The van der Waals surface area contributed by atoms with E-state index >= 15 is 0 Å². The zero-order valence-electron chi connectivity index (χ0n) is 8.95. The summed E-state index contributed by atoms with van der Waals surface area (Å²) < 4.78 is 0. The highest BCUT2D eigenvalue weighted by Gasteiger charge is 2.26. The molecule has 0 bridgehead atoms. The number of hydrogen-bond acceptors (Lipinski definition) is 3. The van der Waals surface area contributed by atoms with E-state index in [-0.39, 0.29) is 11.9 Å². The van der Waals surface area contributed by atoms with Crippen molar-refractivity contribution < 1.29 is 14.7 Å². The number of nitrogens with one attached hydrogen (secondary N) is 2. The van der Waals surface area contributed by atoms with Gasteiger partial charge in [-0.15, -0.1) is 0 Å². The lowest BCUT2D eigenvalue weighted by molar-refractivity contribution is -0.142. The molecule has 0 aliphatic carbocycles. The van der Waals surface area contributed by atoms with Crippen LogP contribution in [-0.4, -0.2) is 35.6 Å². The van der Waals surface area contributed by atoms with Gasteiger partial charge in [0, 0.05) is 0 Å². The van der Waals surface area contributed by atoms with Crippen molar-refractivity contribution in [3.8, 4) is 0 Å². The van der Waals surface area contributed by atoms with Crippen molar-refractivity contribution in [3.05, 3.63) is 0 Å². The molecule has 5 heteroatoms. The van der Waals surface area contributed by atoms with E-state index in [0.29, 0.717) is 6.42 Å². The van der Waals surface area contributed by atoms with Crippen molar-refractivity contribution in [2.75, 3.05) is 6.54 Å². The minimum absolute atomic E-state index is 0.187. The van der Waals surface area contributed by atoms with Crippen molar-refractivity contribution in [2.45, 2.75) is 44.7 Å². The van der Waals surface area contributed by atoms with E-state index in [1.807, 2.05) is 6.92 Å². The van der Waals surface area contributed by atoms with Gasteiger partial charge < -0.3 is 15.7 Å². The number of carboxylic acid groups (broad SMARTS) is 1. The summed E-state index contributed by atoms with van der Waals surface area (Å²) in [6, 6.07) is -0.950. The monoisotopic (exact) mass is 214 g/mol. The molecular weight excluding hydrogens is 196 g/mol. The van der Waals surface area contributed by atoms with Gasteiger partial charge in [0.2, 0.25) is 5.91 Å². The summed E-state index contributed by atoms with van der Waals surface area (Å²) in [4.78, 5) is 22.4. The summed E-state index contributed by atoms with van der Waals surface area (Å²) in [5, 5.41) is 14.5. The second-order valence-corrected chi connectivity index (χ2v) is 3.84. The molecule has 1 unspecified atom stereocenters. The van der Waals surface area contributed by atoms with Crippen molar-refractivity contribution >= 4 is 11.9 Å². The Kier molecular flexibility index (Phi) is 4.55. The van der Waals surface area contributed by atoms with Crippen LogP contribution in [0.4, 0.5) is 0 Å². The molecule has 1 fully saturated rings. The van der Waals surface area contributed by atoms with Crippen LogP contribution in [0.15, 0.2) is 0 Å². The molecule has 1 aliphatic heterocycles. The maximum atomic E-state index is 11.6. The zero-order chi connectivity index (χ0) is 11.3. The van der Waals surface area contributed by atoms with E-state index in [9.17, 15) is 9.59 Å². The summed E-state index contributed by atoms with van der Waals surface area (Å²) >= 11 is 0. The molecule has 5 nitrogen and oxygen atoms in total. The van der Waals surface area contributed by atoms with Crippen molar-refractivity contribution in [1.82, 2.24) is 10.6 Å². The van der Waals surface area contributed by atoms with Crippen molar-refractivity contribution in [2.24, 2.45) is 0 Å². The van der Waals surface area contributed by atoms with Crippen LogP contribution in [0.2, 0.25) is 0 Å². The highest BCUT2D eigenvalue weighted by atomic mass is 16.4. The topological polar surface area (TPSA) is 78.4 Å². The first kappa shape index (κ1) is 12.0. The van der Waals surface area contributed by atoms with E-state index in [1.165, 1.54) is 0 Å². The van der Waals surface area contributed by atoms with Gasteiger partial charge in [-0.05, 0) is 25.8 Å². The van der Waals surface area contributed by atoms with Crippen LogP contribution in [-0.2, 0) is 9.59 Å². The number of rotatable bonds is 5. The van der Waals surface area contributed by atoms with Crippen LogP contribution in [0.3, 0.4) is 0 Å². The summed E-state index contributed by atoms with van der Waals surface area (Å²) in [5.74, 6) is -1.14. The van der Waals surface area contributed by atoms with Gasteiger partial charge in [0.05, 0.1) is 6.04 Å². The Balaban J connectivity index is 2.42. The van der Waals surface area contributed by atoms with E-state index in [4.69, 9.17) is 5.11 Å². The maximum Gasteiger partial charge on any atom is 0.326 e. The molecule has 0 aromatic rings. The SMILES string of the molecule is CCC[C@@H](NC(=O)C1CCCN1)C(=O)O. The summed E-state index contributed by atoms with van der Waals surface area (Å²) in [6.07, 6.45) is 3.00. The van der Waals surface area contributed by atoms with E-state index < -0.39 is 12.0 Å². The van der Waals surface area contributed by atoms with Gasteiger partial charge in [-0.1, -0.05) is 13.3 Å². The Morgan fingerprint density at radius 1 is 1.60 bits per heavy atom. The smallest absolute Gasteiger partial charge is 0.326 e. The van der Waals surface area contributed by atoms with Crippen LogP contribution >= 0.6 is 0 Å². The molecule has 0 radical (unpaired) electrons. The molecule has 1 saturated heterocycles. The largest absolute Gasteiger partial charge is 0.480 e. The Morgan fingerprint density at radius 3 is 2.80 bits per heavy atom. The third-order valence-corrected chi connectivity index (χ3v) is 2.57. The number of amides is 1. The van der Waals surface area contributed by atoms with Crippen LogP contribution in [0.5, 0.6) is 0 Å². The maximum absolute atomic E-state index is 11.6. The standard InChI is InChI=1S/C10H18N2O3/c1-2-4-8(10(14)15)12-9(13)7-5-3-6-11-7/h7-8,11H,2-6H2,1H3,(H,12,13)(H,14,15)/t7?,8-/m1/s1. The average Bonchev–Trinajstić information content (AvgIpc) is 2.69. The number of aliphatic carboxylic acids is 1. The lowest BCUT2D eigenvalue weighted by Crippen LogP contribution is -2.48. The van der Waals surface area contributed by atoms with Gasteiger partial charge >= 0.3 is 5.97 Å². The normalized spacial score (nSPS) is 22.3. The van der Waals surface area contributed by atoms with Gasteiger partial charge in [0.25, 0.3) is 0 Å². The molecule has 3 N–H and O–H groups in total. The lowest BCUT2D eigenvalue weighted by atomic mass is 10.1. The first-order valence-electron chi connectivity index (χ1n) is 5.41. The van der Waals surface area contributed by atoms with Gasteiger partial charge in [-0.25, -0.2) is 4.79 Å². The van der Waals surface area contributed by atoms with Crippen LogP contribution in [0.1, 0.15) is 32.6 Å². The predicted molar refractivity (Wildman–Crippen MR) is 55.5 cm³/mol. The molecule has 86 valence electrons. The minimum atomic E-state index is -0.955. The molecule has 1 amide bonds. The lowest BCUT2D eigenvalue weighted by Gasteiger charge is -2.16. The van der Waals surface area contributed by atoms with E-state index in [0.717, 1.165) is 25.8 Å². The Hall–Kier alpha value is -1.10. The number of hydrogen-bond donors (Lipinski definition) is 3. The van der Waals surface area contributed by atoms with Crippen LogP contribution < -0.4 is 10.6 Å². The Labute approximate surface area is 89.2 Å². The number of carboxylic acids is 1. The first-order valence-corrected chi connectivity index (χ1v) is 5.41. The highest BCUT2D eigenvalue weighted by molar-refractivity contribution is 5.87. The highest BCUT2D eigenvalue weighted by Crippen LogP contribution is 2.06. The molecule has 1 rings (SSSR count). The fraction of sp³-hybridized carbons (Fsp3) is 0.800. The molecule has 15 heavy (non-hydrogen) atoms. The second-order valence-electron chi connectivity index (χ2n) is 3.84. The fourth-order valence-electron chi connectivity index (χ4n) is 1.73. The van der Waals surface area contributed by atoms with E-state index in [1.54, 1.807) is 0 Å². The van der Waals surface area contributed by atoms with Crippen LogP contribution in [0, 0.1) is 0 Å². The summed E-state index contributed by atoms with van der Waals surface area (Å²) in [5.41, 5.74) is 0. The van der Waals surface area contributed by atoms with Gasteiger partial charge in [-0.3, -0.25) is 4.79 Å². The van der Waals surface area contributed by atoms with Crippen LogP contribution in [0.25, 0.3) is 0 Å². The first-order chi connectivity index (χ1) is 7.15. The Morgan fingerprint density at radius 2 is 2.33 bits per heavy atom. The zero-order valence-corrected chi connectivity index (χ0v) is 8.95. The molecule has 1 heterocycles. The van der Waals surface area contributed by atoms with E-state index in [2.05, 4.69) is 10.6 Å². The molecule has 0 spiro atoms. The molecule has 0 aromatic heterocycles. The average molecular weight is 214 g/mol. The van der Waals surface area contributed by atoms with Gasteiger partial charge in [0.15, 0.2) is 0 Å². The Bertz CT molecular complexity index is 237. The fourth-order valence-corrected chi connectivity index (χ4v) is 1.73. The third-order valence-electron chi connectivity index (χ3n) is 2.57. The predicted octanol–water partition coefficient (Wildman–Crippen LogP) is 0.108. The molecule has 1 aliphatic rings. The molecule has 2 atom stereocenters. The quantitative estimate of drug-likeness (QED) is 0.607. The van der Waals surface area contributed by atoms with Crippen molar-refractivity contribution in [1.29, 1.82) is 0 Å². The van der Waals surface area contributed by atoms with Crippen molar-refractivity contribution in [3.63, 3.8) is 0 Å². The minimum Gasteiger partial charge on any atom is -0.480 e. The van der Waals surface area contributed by atoms with Gasteiger partial charge in [-0.2, -0.15) is 0 Å². The molecule has 0 aromatic carbocycles. The molecular formula is C10H18N2O3. The summed E-state index contributed by atoms with van der Waals surface area (Å²) in [6.45, 7) is 2.74. The third kappa shape index (κ3) is 3.51. The summed E-state index contributed by atoms with van der Waals surface area (Å²) in [7, 11) is 0. The number of carbonyl (C=O) groups is 2. The van der Waals surface area contributed by atoms with Gasteiger partial charge in [0.1, 0.15) is 6.04 Å². The second kappa shape index (κ2) is 5.70.